The molecule has 0 radical (unpaired) electrons. The van der Waals surface area contributed by atoms with E-state index in [9.17, 15) is 9.46 Å². The third-order valence-corrected chi connectivity index (χ3v) is 3.32. The minimum atomic E-state index is -3.83. The van der Waals surface area contributed by atoms with E-state index in [1.165, 1.54) is 12.3 Å². The molecule has 2 aromatic rings. The Labute approximate surface area is 93.1 Å². The number of aromatic nitrogens is 1. The fourth-order valence-electron chi connectivity index (χ4n) is 1.20. The maximum atomic E-state index is 11.9. The van der Waals surface area contributed by atoms with Crippen molar-refractivity contribution in [3.8, 4) is 5.88 Å². The van der Waals surface area contributed by atoms with Crippen LogP contribution in [0.5, 0.6) is 5.88 Å². The first-order valence-corrected chi connectivity index (χ1v) is 6.25. The van der Waals surface area contributed by atoms with Gasteiger partial charge in [0.2, 0.25) is 5.88 Å². The second kappa shape index (κ2) is 4.47. The van der Waals surface area contributed by atoms with Crippen LogP contribution >= 0.6 is 7.60 Å². The summed E-state index contributed by atoms with van der Waals surface area (Å²) in [5, 5.41) is 0.251. The standard InChI is InChI=1S/C11H10NO3P/c13-16(14,10-6-2-1-3-7-10)15-11-8-4-5-9-12-11/h1-9H,(H,13,14). The smallest absolute Gasteiger partial charge is 0.403 e. The Hall–Kier alpha value is -1.64. The quantitative estimate of drug-likeness (QED) is 0.826. The van der Waals surface area contributed by atoms with E-state index in [1.54, 1.807) is 42.5 Å². The van der Waals surface area contributed by atoms with Crippen molar-refractivity contribution in [3.05, 3.63) is 54.7 Å². The Kier molecular flexibility index (Phi) is 3.04. The average Bonchev–Trinajstić information content (AvgIpc) is 2.31. The molecule has 82 valence electrons. The Bertz CT molecular complexity index is 501. The van der Waals surface area contributed by atoms with Crippen LogP contribution < -0.4 is 9.83 Å². The average molecular weight is 235 g/mol. The van der Waals surface area contributed by atoms with Crippen molar-refractivity contribution in [3.63, 3.8) is 0 Å². The molecule has 0 aliphatic heterocycles. The minimum absolute atomic E-state index is 0.136. The van der Waals surface area contributed by atoms with Gasteiger partial charge >= 0.3 is 7.60 Å². The topological polar surface area (TPSA) is 59.4 Å². The lowest BCUT2D eigenvalue weighted by molar-refractivity contribution is 0.387. The van der Waals surface area contributed by atoms with Crippen LogP contribution in [0.3, 0.4) is 0 Å². The Morgan fingerprint density at radius 2 is 1.75 bits per heavy atom. The minimum Gasteiger partial charge on any atom is -0.403 e. The highest BCUT2D eigenvalue weighted by Crippen LogP contribution is 2.40. The van der Waals surface area contributed by atoms with Crippen LogP contribution in [0.15, 0.2) is 54.7 Å². The van der Waals surface area contributed by atoms with E-state index in [0.717, 1.165) is 0 Å². The highest BCUT2D eigenvalue weighted by molar-refractivity contribution is 7.61. The number of nitrogens with zero attached hydrogens (tertiary/aromatic N) is 1. The molecule has 16 heavy (non-hydrogen) atoms. The Balaban J connectivity index is 2.25. The van der Waals surface area contributed by atoms with Gasteiger partial charge in [0, 0.05) is 12.3 Å². The Morgan fingerprint density at radius 3 is 2.38 bits per heavy atom. The lowest BCUT2D eigenvalue weighted by atomic mass is 10.4. The summed E-state index contributed by atoms with van der Waals surface area (Å²) in [5.41, 5.74) is 0. The van der Waals surface area contributed by atoms with Crippen LogP contribution in [-0.4, -0.2) is 9.88 Å². The van der Waals surface area contributed by atoms with E-state index < -0.39 is 7.60 Å². The molecule has 1 atom stereocenters. The van der Waals surface area contributed by atoms with Crippen molar-refractivity contribution in [2.24, 2.45) is 0 Å². The zero-order valence-electron chi connectivity index (χ0n) is 8.35. The van der Waals surface area contributed by atoms with E-state index in [4.69, 9.17) is 4.52 Å². The van der Waals surface area contributed by atoms with Crippen molar-refractivity contribution in [2.45, 2.75) is 0 Å². The molecule has 0 bridgehead atoms. The maximum Gasteiger partial charge on any atom is 0.409 e. The SMILES string of the molecule is O=P(O)(Oc1ccccn1)c1ccccc1. The summed E-state index contributed by atoms with van der Waals surface area (Å²) in [6.07, 6.45) is 1.50. The number of pyridine rings is 1. The highest BCUT2D eigenvalue weighted by Gasteiger charge is 2.24. The van der Waals surface area contributed by atoms with Crippen molar-refractivity contribution in [2.75, 3.05) is 0 Å². The molecule has 0 spiro atoms. The van der Waals surface area contributed by atoms with Gasteiger partial charge in [-0.2, -0.15) is 0 Å². The predicted molar refractivity (Wildman–Crippen MR) is 60.8 cm³/mol. The van der Waals surface area contributed by atoms with E-state index in [2.05, 4.69) is 4.98 Å². The van der Waals surface area contributed by atoms with Crippen molar-refractivity contribution < 1.29 is 14.0 Å². The second-order valence-electron chi connectivity index (χ2n) is 3.12. The first kappa shape index (κ1) is 10.9. The van der Waals surface area contributed by atoms with Gasteiger partial charge in [-0.05, 0) is 18.2 Å². The monoisotopic (exact) mass is 235 g/mol. The molecule has 2 rings (SSSR count). The number of benzene rings is 1. The van der Waals surface area contributed by atoms with Crippen LogP contribution in [0, 0.1) is 0 Å². The first-order valence-electron chi connectivity index (χ1n) is 4.67. The summed E-state index contributed by atoms with van der Waals surface area (Å²) in [4.78, 5) is 13.6. The zero-order valence-corrected chi connectivity index (χ0v) is 9.25. The molecule has 0 saturated carbocycles. The van der Waals surface area contributed by atoms with Gasteiger partial charge < -0.3 is 9.42 Å². The van der Waals surface area contributed by atoms with Gasteiger partial charge in [0.15, 0.2) is 0 Å². The fraction of sp³-hybridized carbons (Fsp3) is 0. The lowest BCUT2D eigenvalue weighted by Crippen LogP contribution is -2.08. The number of rotatable bonds is 3. The molecular weight excluding hydrogens is 225 g/mol. The van der Waals surface area contributed by atoms with E-state index >= 15 is 0 Å². The normalized spacial score (nSPS) is 14.1. The predicted octanol–water partition coefficient (Wildman–Crippen LogP) is 1.97. The lowest BCUT2D eigenvalue weighted by Gasteiger charge is -2.11. The van der Waals surface area contributed by atoms with Gasteiger partial charge in [0.25, 0.3) is 0 Å². The summed E-state index contributed by atoms with van der Waals surface area (Å²) < 4.78 is 16.9. The molecule has 0 saturated heterocycles. The van der Waals surface area contributed by atoms with Crippen LogP contribution in [0.1, 0.15) is 0 Å². The van der Waals surface area contributed by atoms with Gasteiger partial charge in [-0.15, -0.1) is 0 Å². The van der Waals surface area contributed by atoms with E-state index in [1.807, 2.05) is 0 Å². The molecular formula is C11H10NO3P. The molecule has 1 unspecified atom stereocenters. The molecule has 1 aromatic heterocycles. The third kappa shape index (κ3) is 2.48. The van der Waals surface area contributed by atoms with Crippen LogP contribution in [0.4, 0.5) is 0 Å². The summed E-state index contributed by atoms with van der Waals surface area (Å²) in [6.45, 7) is 0. The van der Waals surface area contributed by atoms with Crippen molar-refractivity contribution >= 4 is 12.9 Å². The van der Waals surface area contributed by atoms with Gasteiger partial charge in [-0.1, -0.05) is 24.3 Å². The highest BCUT2D eigenvalue weighted by atomic mass is 31.2. The largest absolute Gasteiger partial charge is 0.409 e. The number of hydrogen-bond acceptors (Lipinski definition) is 3. The third-order valence-electron chi connectivity index (χ3n) is 1.94. The summed E-state index contributed by atoms with van der Waals surface area (Å²) in [7, 11) is -3.83. The van der Waals surface area contributed by atoms with Crippen LogP contribution in [0.25, 0.3) is 0 Å². The molecule has 0 fully saturated rings. The van der Waals surface area contributed by atoms with Crippen LogP contribution in [0.2, 0.25) is 0 Å². The molecule has 1 aromatic carbocycles. The van der Waals surface area contributed by atoms with Gasteiger partial charge in [-0.3, -0.25) is 0 Å². The van der Waals surface area contributed by atoms with E-state index in [0.29, 0.717) is 0 Å². The first-order chi connectivity index (χ1) is 7.68. The molecule has 0 aliphatic carbocycles. The molecule has 4 nitrogen and oxygen atoms in total. The molecule has 0 aliphatic rings. The summed E-state index contributed by atoms with van der Waals surface area (Å²) in [5.74, 6) is 0.136. The van der Waals surface area contributed by atoms with Crippen molar-refractivity contribution in [1.29, 1.82) is 0 Å². The molecule has 5 heteroatoms. The fourth-order valence-corrected chi connectivity index (χ4v) is 2.21. The second-order valence-corrected chi connectivity index (χ2v) is 4.86. The van der Waals surface area contributed by atoms with Crippen LogP contribution in [-0.2, 0) is 4.57 Å². The molecule has 1 N–H and O–H groups in total. The van der Waals surface area contributed by atoms with Gasteiger partial charge in [0.1, 0.15) is 0 Å². The Morgan fingerprint density at radius 1 is 1.06 bits per heavy atom. The summed E-state index contributed by atoms with van der Waals surface area (Å²) in [6, 6.07) is 13.1. The molecule has 1 heterocycles. The van der Waals surface area contributed by atoms with Gasteiger partial charge in [0.05, 0.1) is 5.30 Å². The zero-order chi connectivity index (χ0) is 11.4. The maximum absolute atomic E-state index is 11.9. The summed E-state index contributed by atoms with van der Waals surface area (Å²) >= 11 is 0. The number of hydrogen-bond donors (Lipinski definition) is 1. The van der Waals surface area contributed by atoms with Crippen molar-refractivity contribution in [1.82, 2.24) is 4.98 Å². The molecule has 0 amide bonds. The van der Waals surface area contributed by atoms with E-state index in [-0.39, 0.29) is 11.2 Å². The van der Waals surface area contributed by atoms with Gasteiger partial charge in [-0.25, -0.2) is 9.55 Å².